The van der Waals surface area contributed by atoms with Crippen LogP contribution in [0.2, 0.25) is 0 Å². The number of carbonyl (C=O) groups is 2. The van der Waals surface area contributed by atoms with Crippen LogP contribution in [0.15, 0.2) is 0 Å². The van der Waals surface area contributed by atoms with E-state index < -0.39 is 6.10 Å². The van der Waals surface area contributed by atoms with E-state index in [9.17, 15) is 9.59 Å². The molecule has 0 saturated heterocycles. The second kappa shape index (κ2) is 5.57. The highest BCUT2D eigenvalue weighted by Crippen LogP contribution is 2.66. The zero-order valence-electron chi connectivity index (χ0n) is 15.5. The van der Waals surface area contributed by atoms with Gasteiger partial charge < -0.3 is 4.74 Å². The number of Topliss-reactive ketones (excluding diaryl/α,β-unsaturated/α-hetero) is 1. The molecule has 4 rings (SSSR count). The Morgan fingerprint density at radius 2 is 1.88 bits per heavy atom. The molecule has 24 heavy (non-hydrogen) atoms. The molecule has 3 nitrogen and oxygen atoms in total. The van der Waals surface area contributed by atoms with Crippen molar-refractivity contribution in [2.24, 2.45) is 34.5 Å². The first-order chi connectivity index (χ1) is 11.3. The zero-order chi connectivity index (χ0) is 17.1. The third-order valence-corrected chi connectivity index (χ3v) is 8.59. The molecular weight excluding hydrogens is 300 g/mol. The SMILES string of the molecule is CC(=O)O[C@@H]1CC2(C)C3CCC4(C)CCCC4C3CC[C@H]2CC1=O. The Hall–Kier alpha value is -0.860. The van der Waals surface area contributed by atoms with Crippen molar-refractivity contribution >= 4 is 11.8 Å². The largest absolute Gasteiger partial charge is 0.455 e. The van der Waals surface area contributed by atoms with E-state index in [-0.39, 0.29) is 17.2 Å². The summed E-state index contributed by atoms with van der Waals surface area (Å²) in [4.78, 5) is 23.9. The monoisotopic (exact) mass is 332 g/mol. The minimum atomic E-state index is -0.487. The van der Waals surface area contributed by atoms with Crippen molar-refractivity contribution in [2.75, 3.05) is 0 Å². The molecule has 4 aliphatic carbocycles. The predicted molar refractivity (Wildman–Crippen MR) is 92.3 cm³/mol. The quantitative estimate of drug-likeness (QED) is 0.663. The van der Waals surface area contributed by atoms with Gasteiger partial charge in [0.1, 0.15) is 0 Å². The van der Waals surface area contributed by atoms with Crippen LogP contribution in [-0.2, 0) is 14.3 Å². The number of rotatable bonds is 1. The van der Waals surface area contributed by atoms with Crippen molar-refractivity contribution in [3.8, 4) is 0 Å². The van der Waals surface area contributed by atoms with Gasteiger partial charge in [-0.15, -0.1) is 0 Å². The first kappa shape index (κ1) is 16.6. The van der Waals surface area contributed by atoms with Crippen LogP contribution in [-0.4, -0.2) is 17.9 Å². The van der Waals surface area contributed by atoms with E-state index in [0.29, 0.717) is 17.8 Å². The van der Waals surface area contributed by atoms with Gasteiger partial charge in [-0.25, -0.2) is 0 Å². The van der Waals surface area contributed by atoms with Crippen molar-refractivity contribution in [2.45, 2.75) is 84.7 Å². The summed E-state index contributed by atoms with van der Waals surface area (Å²) < 4.78 is 5.42. The minimum absolute atomic E-state index is 0.160. The van der Waals surface area contributed by atoms with E-state index in [1.54, 1.807) is 0 Å². The lowest BCUT2D eigenvalue weighted by atomic mass is 9.45. The Kier molecular flexibility index (Phi) is 3.85. The maximum absolute atomic E-state index is 12.4. The molecule has 0 aromatic rings. The lowest BCUT2D eigenvalue weighted by molar-refractivity contribution is -0.170. The summed E-state index contributed by atoms with van der Waals surface area (Å²) in [6.07, 6.45) is 10.3. The number of carbonyl (C=O) groups excluding carboxylic acids is 2. The Morgan fingerprint density at radius 3 is 2.62 bits per heavy atom. The highest BCUT2D eigenvalue weighted by Gasteiger charge is 2.59. The molecule has 0 radical (unpaired) electrons. The molecule has 0 heterocycles. The lowest BCUT2D eigenvalue weighted by Crippen LogP contribution is -2.55. The molecule has 4 saturated carbocycles. The van der Waals surface area contributed by atoms with Gasteiger partial charge >= 0.3 is 5.97 Å². The molecule has 0 aromatic heterocycles. The van der Waals surface area contributed by atoms with Crippen LogP contribution in [0.3, 0.4) is 0 Å². The number of hydrogen-bond donors (Lipinski definition) is 0. The van der Waals surface area contributed by atoms with Gasteiger partial charge in [-0.3, -0.25) is 9.59 Å². The van der Waals surface area contributed by atoms with Crippen LogP contribution in [0.4, 0.5) is 0 Å². The van der Waals surface area contributed by atoms with Crippen LogP contribution < -0.4 is 0 Å². The summed E-state index contributed by atoms with van der Waals surface area (Å²) in [6, 6.07) is 0. The molecule has 134 valence electrons. The van der Waals surface area contributed by atoms with Gasteiger partial charge in [0.2, 0.25) is 0 Å². The normalized spacial score (nSPS) is 50.6. The second-order valence-electron chi connectivity index (χ2n) is 9.71. The summed E-state index contributed by atoms with van der Waals surface area (Å²) in [7, 11) is 0. The number of esters is 1. The molecule has 0 amide bonds. The van der Waals surface area contributed by atoms with Crippen molar-refractivity contribution in [3.63, 3.8) is 0 Å². The fraction of sp³-hybridized carbons (Fsp3) is 0.905. The molecule has 0 aromatic carbocycles. The molecule has 4 fully saturated rings. The van der Waals surface area contributed by atoms with Crippen LogP contribution in [0, 0.1) is 34.5 Å². The Balaban J connectivity index is 1.61. The molecule has 5 unspecified atom stereocenters. The fourth-order valence-electron chi connectivity index (χ4n) is 7.38. The molecule has 7 atom stereocenters. The van der Waals surface area contributed by atoms with E-state index in [1.807, 2.05) is 0 Å². The van der Waals surface area contributed by atoms with Crippen LogP contribution in [0.1, 0.15) is 78.6 Å². The lowest BCUT2D eigenvalue weighted by Gasteiger charge is -2.60. The molecular formula is C21H32O3. The van der Waals surface area contributed by atoms with Gasteiger partial charge in [0, 0.05) is 13.3 Å². The fourth-order valence-corrected chi connectivity index (χ4v) is 7.38. The number of ether oxygens (including phenoxy) is 1. The summed E-state index contributed by atoms with van der Waals surface area (Å²) in [5, 5.41) is 0. The van der Waals surface area contributed by atoms with Gasteiger partial charge in [-0.2, -0.15) is 0 Å². The first-order valence-electron chi connectivity index (χ1n) is 10.0. The van der Waals surface area contributed by atoms with E-state index in [4.69, 9.17) is 4.74 Å². The second-order valence-corrected chi connectivity index (χ2v) is 9.71. The highest BCUT2D eigenvalue weighted by molar-refractivity contribution is 5.86. The summed E-state index contributed by atoms with van der Waals surface area (Å²) >= 11 is 0. The third kappa shape index (κ3) is 2.37. The van der Waals surface area contributed by atoms with Gasteiger partial charge in [0.25, 0.3) is 0 Å². The van der Waals surface area contributed by atoms with Gasteiger partial charge in [0.05, 0.1) is 0 Å². The average Bonchev–Trinajstić information content (AvgIpc) is 2.90. The maximum atomic E-state index is 12.4. The van der Waals surface area contributed by atoms with E-state index in [0.717, 1.165) is 24.2 Å². The van der Waals surface area contributed by atoms with Crippen molar-refractivity contribution in [1.29, 1.82) is 0 Å². The highest BCUT2D eigenvalue weighted by atomic mass is 16.5. The zero-order valence-corrected chi connectivity index (χ0v) is 15.5. The predicted octanol–water partition coefficient (Wildman–Crippen LogP) is 4.53. The van der Waals surface area contributed by atoms with Crippen LogP contribution >= 0.6 is 0 Å². The van der Waals surface area contributed by atoms with Gasteiger partial charge in [-0.1, -0.05) is 20.3 Å². The molecule has 4 aliphatic rings. The average molecular weight is 332 g/mol. The van der Waals surface area contributed by atoms with E-state index >= 15 is 0 Å². The van der Waals surface area contributed by atoms with E-state index in [2.05, 4.69) is 13.8 Å². The van der Waals surface area contributed by atoms with Crippen molar-refractivity contribution in [1.82, 2.24) is 0 Å². The van der Waals surface area contributed by atoms with Gasteiger partial charge in [-0.05, 0) is 79.4 Å². The summed E-state index contributed by atoms with van der Waals surface area (Å²) in [5.74, 6) is 2.79. The molecule has 0 spiro atoms. The third-order valence-electron chi connectivity index (χ3n) is 8.59. The smallest absolute Gasteiger partial charge is 0.303 e. The minimum Gasteiger partial charge on any atom is -0.455 e. The Bertz CT molecular complexity index is 555. The Labute approximate surface area is 145 Å². The molecule has 0 bridgehead atoms. The maximum Gasteiger partial charge on any atom is 0.303 e. The standard InChI is InChI=1S/C21H32O3/c1-13(22)24-19-12-21(3)14(11-18(19)23)6-7-15-16-5-4-9-20(16,2)10-8-17(15)21/h14-17,19H,4-12H2,1-3H3/t14-,15?,16?,17?,19+,20?,21?/m0/s1. The number of ketones is 1. The number of fused-ring (bicyclic) bond motifs is 5. The molecule has 0 aliphatic heterocycles. The number of hydrogen-bond acceptors (Lipinski definition) is 3. The van der Waals surface area contributed by atoms with Crippen molar-refractivity contribution < 1.29 is 14.3 Å². The van der Waals surface area contributed by atoms with Crippen LogP contribution in [0.25, 0.3) is 0 Å². The van der Waals surface area contributed by atoms with Gasteiger partial charge in [0.15, 0.2) is 11.9 Å². The molecule has 0 N–H and O–H groups in total. The first-order valence-corrected chi connectivity index (χ1v) is 10.0. The Morgan fingerprint density at radius 1 is 1.08 bits per heavy atom. The van der Waals surface area contributed by atoms with Crippen molar-refractivity contribution in [3.05, 3.63) is 0 Å². The van der Waals surface area contributed by atoms with E-state index in [1.165, 1.54) is 51.9 Å². The molecule has 3 heteroatoms. The van der Waals surface area contributed by atoms with Crippen LogP contribution in [0.5, 0.6) is 0 Å². The summed E-state index contributed by atoms with van der Waals surface area (Å²) in [6.45, 7) is 6.37. The topological polar surface area (TPSA) is 43.4 Å². The summed E-state index contributed by atoms with van der Waals surface area (Å²) in [5.41, 5.74) is 0.755.